The monoisotopic (exact) mass is 234 g/mol. The number of nitrogens with two attached hydrogens (primary N) is 1. The van der Waals surface area contributed by atoms with Gasteiger partial charge in [0.2, 0.25) is 5.91 Å². The van der Waals surface area contributed by atoms with Gasteiger partial charge in [0, 0.05) is 11.0 Å². The van der Waals surface area contributed by atoms with Gasteiger partial charge in [0.05, 0.1) is 6.04 Å². The van der Waals surface area contributed by atoms with Crippen molar-refractivity contribution in [2.75, 3.05) is 6.54 Å². The van der Waals surface area contributed by atoms with Crippen LogP contribution in [0.15, 0.2) is 11.1 Å². The number of carbonyl (C=O) groups excluding carboxylic acids is 1. The minimum atomic E-state index is -0.433. The Bertz CT molecular complexity index is 180. The molecule has 0 fully saturated rings. The third kappa shape index (κ3) is 4.51. The quantitative estimate of drug-likeness (QED) is 0.763. The molecule has 3 nitrogen and oxygen atoms in total. The maximum Gasteiger partial charge on any atom is 0.237 e. The zero-order chi connectivity index (χ0) is 9.72. The number of nitrogens with one attached hydrogen (secondary N) is 1. The van der Waals surface area contributed by atoms with Crippen LogP contribution in [0.1, 0.15) is 13.8 Å². The summed E-state index contributed by atoms with van der Waals surface area (Å²) in [7, 11) is 0. The molecule has 0 rings (SSSR count). The molecule has 3 N–H and O–H groups in total. The van der Waals surface area contributed by atoms with Crippen LogP contribution >= 0.6 is 15.9 Å². The van der Waals surface area contributed by atoms with Gasteiger partial charge < -0.3 is 11.1 Å². The Morgan fingerprint density at radius 2 is 2.17 bits per heavy atom. The van der Waals surface area contributed by atoms with Crippen LogP contribution < -0.4 is 11.1 Å². The first-order chi connectivity index (χ1) is 5.45. The molecule has 0 aromatic carbocycles. The molecule has 12 heavy (non-hydrogen) atoms. The first-order valence-corrected chi connectivity index (χ1v) is 4.61. The summed E-state index contributed by atoms with van der Waals surface area (Å²) in [6, 6.07) is -0.433. The molecule has 1 amide bonds. The molecule has 0 aromatic heterocycles. The van der Waals surface area contributed by atoms with Crippen LogP contribution in [-0.4, -0.2) is 18.5 Å². The van der Waals surface area contributed by atoms with Crippen LogP contribution in [0.3, 0.4) is 0 Å². The van der Waals surface area contributed by atoms with Crippen molar-refractivity contribution in [3.63, 3.8) is 0 Å². The average Bonchev–Trinajstić information content (AvgIpc) is 1.98. The van der Waals surface area contributed by atoms with Crippen molar-refractivity contribution in [1.29, 1.82) is 0 Å². The van der Waals surface area contributed by atoms with E-state index in [1.807, 2.05) is 13.8 Å². The molecule has 0 unspecified atom stereocenters. The molecule has 0 saturated heterocycles. The van der Waals surface area contributed by atoms with E-state index < -0.39 is 6.04 Å². The lowest BCUT2D eigenvalue weighted by molar-refractivity contribution is -0.123. The summed E-state index contributed by atoms with van der Waals surface area (Å²) < 4.78 is 0.742. The summed E-state index contributed by atoms with van der Waals surface area (Å²) in [5, 5.41) is 2.65. The Morgan fingerprint density at radius 1 is 1.67 bits per heavy atom. The van der Waals surface area contributed by atoms with E-state index >= 15 is 0 Å². The van der Waals surface area contributed by atoms with Crippen LogP contribution in [0.4, 0.5) is 0 Å². The van der Waals surface area contributed by atoms with Crippen molar-refractivity contribution in [2.45, 2.75) is 19.9 Å². The first-order valence-electron chi connectivity index (χ1n) is 3.81. The van der Waals surface area contributed by atoms with Gasteiger partial charge in [-0.1, -0.05) is 36.4 Å². The topological polar surface area (TPSA) is 55.1 Å². The van der Waals surface area contributed by atoms with Gasteiger partial charge in [0.15, 0.2) is 0 Å². The zero-order valence-corrected chi connectivity index (χ0v) is 9.02. The fourth-order valence-corrected chi connectivity index (χ4v) is 0.744. The van der Waals surface area contributed by atoms with Gasteiger partial charge >= 0.3 is 0 Å². The maximum atomic E-state index is 11.2. The van der Waals surface area contributed by atoms with Crippen molar-refractivity contribution in [3.05, 3.63) is 11.1 Å². The van der Waals surface area contributed by atoms with E-state index in [4.69, 9.17) is 5.73 Å². The second kappa shape index (κ2) is 5.32. The third-order valence-electron chi connectivity index (χ3n) is 1.48. The zero-order valence-electron chi connectivity index (χ0n) is 7.43. The van der Waals surface area contributed by atoms with E-state index in [2.05, 4.69) is 27.8 Å². The van der Waals surface area contributed by atoms with Crippen molar-refractivity contribution < 1.29 is 4.79 Å². The lowest BCUT2D eigenvalue weighted by Gasteiger charge is -2.14. The van der Waals surface area contributed by atoms with E-state index in [0.29, 0.717) is 6.54 Å². The standard InChI is InChI=1S/C8H15BrN2O/c1-5(2)7(10)8(12)11-4-6(3)9/h5,7H,3-4,10H2,1-2H3,(H,11,12)/t7-/m1/s1. The highest BCUT2D eigenvalue weighted by molar-refractivity contribution is 9.11. The van der Waals surface area contributed by atoms with Crippen molar-refractivity contribution in [3.8, 4) is 0 Å². The molecule has 4 heteroatoms. The number of hydrogen-bond donors (Lipinski definition) is 2. The van der Waals surface area contributed by atoms with Crippen LogP contribution in [0.2, 0.25) is 0 Å². The Hall–Kier alpha value is -0.350. The summed E-state index contributed by atoms with van der Waals surface area (Å²) in [6.07, 6.45) is 0. The average molecular weight is 235 g/mol. The molecular formula is C8H15BrN2O. The second-order valence-electron chi connectivity index (χ2n) is 3.00. The Balaban J connectivity index is 3.80. The predicted molar refractivity (Wildman–Crippen MR) is 53.9 cm³/mol. The molecule has 0 aliphatic rings. The van der Waals surface area contributed by atoms with Crippen molar-refractivity contribution >= 4 is 21.8 Å². The molecule has 0 saturated carbocycles. The van der Waals surface area contributed by atoms with Crippen molar-refractivity contribution in [1.82, 2.24) is 5.32 Å². The van der Waals surface area contributed by atoms with Crippen LogP contribution in [0.5, 0.6) is 0 Å². The van der Waals surface area contributed by atoms with Gasteiger partial charge in [0.25, 0.3) is 0 Å². The fraction of sp³-hybridized carbons (Fsp3) is 0.625. The van der Waals surface area contributed by atoms with E-state index in [9.17, 15) is 4.79 Å². The lowest BCUT2D eigenvalue weighted by Crippen LogP contribution is -2.44. The first kappa shape index (κ1) is 11.6. The molecule has 70 valence electrons. The Labute approximate surface area is 81.5 Å². The molecule has 0 heterocycles. The normalized spacial score (nSPS) is 12.8. The summed E-state index contributed by atoms with van der Waals surface area (Å²) >= 11 is 3.14. The van der Waals surface area contributed by atoms with Gasteiger partial charge in [-0.25, -0.2) is 0 Å². The summed E-state index contributed by atoms with van der Waals surface area (Å²) in [4.78, 5) is 11.2. The van der Waals surface area contributed by atoms with Gasteiger partial charge in [-0.2, -0.15) is 0 Å². The summed E-state index contributed by atoms with van der Waals surface area (Å²) in [6.45, 7) is 7.84. The molecule has 1 atom stereocenters. The number of hydrogen-bond acceptors (Lipinski definition) is 2. The summed E-state index contributed by atoms with van der Waals surface area (Å²) in [5.74, 6) is 0.0270. The summed E-state index contributed by atoms with van der Waals surface area (Å²) in [5.41, 5.74) is 5.59. The SMILES string of the molecule is C=C(Br)CNC(=O)[C@H](N)C(C)C. The van der Waals surface area contributed by atoms with E-state index in [1.165, 1.54) is 0 Å². The smallest absolute Gasteiger partial charge is 0.237 e. The number of halogens is 1. The highest BCUT2D eigenvalue weighted by Gasteiger charge is 2.16. The van der Waals surface area contributed by atoms with Crippen LogP contribution in [0.25, 0.3) is 0 Å². The minimum absolute atomic E-state index is 0.134. The molecule has 0 aliphatic carbocycles. The van der Waals surface area contributed by atoms with E-state index in [1.54, 1.807) is 0 Å². The van der Waals surface area contributed by atoms with Gasteiger partial charge in [-0.3, -0.25) is 4.79 Å². The lowest BCUT2D eigenvalue weighted by atomic mass is 10.1. The Kier molecular flexibility index (Phi) is 5.17. The van der Waals surface area contributed by atoms with Gasteiger partial charge in [-0.15, -0.1) is 0 Å². The molecule has 0 aliphatic heterocycles. The maximum absolute atomic E-state index is 11.2. The molecular weight excluding hydrogens is 220 g/mol. The predicted octanol–water partition coefficient (Wildman–Crippen LogP) is 0.994. The van der Waals surface area contributed by atoms with Gasteiger partial charge in [-0.05, 0) is 5.92 Å². The molecule has 0 spiro atoms. The number of rotatable bonds is 4. The minimum Gasteiger partial charge on any atom is -0.350 e. The molecule has 0 bridgehead atoms. The molecule has 0 aromatic rings. The largest absolute Gasteiger partial charge is 0.350 e. The number of carbonyl (C=O) groups is 1. The Morgan fingerprint density at radius 3 is 2.50 bits per heavy atom. The highest BCUT2D eigenvalue weighted by atomic mass is 79.9. The third-order valence-corrected chi connectivity index (χ3v) is 1.76. The van der Waals surface area contributed by atoms with Crippen molar-refractivity contribution in [2.24, 2.45) is 11.7 Å². The van der Waals surface area contributed by atoms with E-state index in [0.717, 1.165) is 4.48 Å². The highest BCUT2D eigenvalue weighted by Crippen LogP contribution is 2.00. The second-order valence-corrected chi connectivity index (χ2v) is 4.13. The number of amides is 1. The van der Waals surface area contributed by atoms with Crippen LogP contribution in [0, 0.1) is 5.92 Å². The van der Waals surface area contributed by atoms with Gasteiger partial charge in [0.1, 0.15) is 0 Å². The van der Waals surface area contributed by atoms with Crippen LogP contribution in [-0.2, 0) is 4.79 Å². The van der Waals surface area contributed by atoms with E-state index in [-0.39, 0.29) is 11.8 Å². The molecule has 0 radical (unpaired) electrons. The fourth-order valence-electron chi connectivity index (χ4n) is 0.604.